The normalized spacial score (nSPS) is 17.5. The number of rotatable bonds is 39. The summed E-state index contributed by atoms with van der Waals surface area (Å²) in [5.41, 5.74) is 0. The molecule has 324 valence electrons. The largest absolute Gasteiger partial charge is 0.465 e. The maximum atomic E-state index is 12.6. The molecule has 0 aromatic heterocycles. The molecule has 1 aliphatic rings. The second kappa shape index (κ2) is 41.3. The van der Waals surface area contributed by atoms with Gasteiger partial charge in [0.1, 0.15) is 0 Å². The third-order valence-electron chi connectivity index (χ3n) is 11.1. The first kappa shape index (κ1) is 52.1. The van der Waals surface area contributed by atoms with Gasteiger partial charge < -0.3 is 9.47 Å². The predicted octanol–water partition coefficient (Wildman–Crippen LogP) is 16.2. The Kier molecular flexibility index (Phi) is 37.8. The molecular weight excluding hydrogens is 701 g/mol. The zero-order valence-corrected chi connectivity index (χ0v) is 37.4. The van der Waals surface area contributed by atoms with Crippen molar-refractivity contribution in [2.24, 2.45) is 17.8 Å². The number of allylic oxidation sites excluding steroid dienone is 12. The van der Waals surface area contributed by atoms with Crippen molar-refractivity contribution in [1.82, 2.24) is 0 Å². The Hall–Kier alpha value is -2.88. The smallest absolute Gasteiger partial charge is 0.330 e. The molecular formula is C53H88O4. The van der Waals surface area contributed by atoms with Crippen molar-refractivity contribution in [1.29, 1.82) is 0 Å². The molecule has 1 rings (SSSR count). The molecule has 1 fully saturated rings. The van der Waals surface area contributed by atoms with Crippen molar-refractivity contribution in [3.8, 4) is 0 Å². The third kappa shape index (κ3) is 33.8. The Morgan fingerprint density at radius 2 is 0.842 bits per heavy atom. The van der Waals surface area contributed by atoms with Crippen molar-refractivity contribution in [2.45, 2.75) is 207 Å². The number of hydrogen-bond acceptors (Lipinski definition) is 4. The number of unbranched alkanes of at least 4 members (excludes halogenated alkanes) is 24. The molecule has 0 bridgehead atoms. The van der Waals surface area contributed by atoms with Crippen LogP contribution >= 0.6 is 0 Å². The quantitative estimate of drug-likeness (QED) is 0.0269. The van der Waals surface area contributed by atoms with Gasteiger partial charge in [0.2, 0.25) is 0 Å². The van der Waals surface area contributed by atoms with E-state index in [9.17, 15) is 9.59 Å². The fourth-order valence-corrected chi connectivity index (χ4v) is 7.42. The van der Waals surface area contributed by atoms with Crippen molar-refractivity contribution < 1.29 is 19.1 Å². The molecule has 4 heteroatoms. The van der Waals surface area contributed by atoms with Crippen LogP contribution in [0.2, 0.25) is 0 Å². The van der Waals surface area contributed by atoms with Gasteiger partial charge in [-0.2, -0.15) is 0 Å². The SMILES string of the molecule is CCC/C=C/C=C/C=C/C1CC(\C=C/C=C/C=C/CC(=O)OCCCCCCCCCCCCC)C1/C=C\C(=O)OCCCCCCCCCCCCCCCC. The van der Waals surface area contributed by atoms with Crippen LogP contribution in [0.5, 0.6) is 0 Å². The van der Waals surface area contributed by atoms with E-state index in [2.05, 4.69) is 75.5 Å². The molecule has 0 aliphatic heterocycles. The summed E-state index contributed by atoms with van der Waals surface area (Å²) >= 11 is 0. The van der Waals surface area contributed by atoms with Gasteiger partial charge in [-0.3, -0.25) is 4.79 Å². The maximum Gasteiger partial charge on any atom is 0.330 e. The molecule has 0 amide bonds. The standard InChI is InChI=1S/C53H88O4/c1-4-7-10-13-16-18-20-21-22-24-26-29-35-40-47-57-53(55)45-44-51-49(41-36-31-27-15-12-9-6-3)48-50(51)42-37-32-30-33-38-43-52(54)56-46-39-34-28-25-23-19-17-14-11-8-5-2/h12,15,27,30-33,36-38,41-42,44-45,49-51H,4-11,13-14,16-26,28-29,34-35,39-40,43,46-48H2,1-3H3/b15-12+,31-27+,32-30+,38-33+,41-36+,42-37-,45-44-. The lowest BCUT2D eigenvalue weighted by atomic mass is 9.64. The van der Waals surface area contributed by atoms with Gasteiger partial charge in [-0.15, -0.1) is 0 Å². The Morgan fingerprint density at radius 3 is 1.30 bits per heavy atom. The van der Waals surface area contributed by atoms with E-state index in [0.29, 0.717) is 31.5 Å². The van der Waals surface area contributed by atoms with Crippen LogP contribution in [0.25, 0.3) is 0 Å². The number of esters is 2. The minimum atomic E-state index is -0.231. The Bertz CT molecular complexity index is 1140. The van der Waals surface area contributed by atoms with Gasteiger partial charge in [0, 0.05) is 6.08 Å². The van der Waals surface area contributed by atoms with Crippen LogP contribution in [-0.2, 0) is 19.1 Å². The molecule has 0 N–H and O–H groups in total. The van der Waals surface area contributed by atoms with Crippen LogP contribution in [-0.4, -0.2) is 25.2 Å². The number of carbonyl (C=O) groups is 2. The molecule has 57 heavy (non-hydrogen) atoms. The van der Waals surface area contributed by atoms with Crippen molar-refractivity contribution in [3.63, 3.8) is 0 Å². The summed E-state index contributed by atoms with van der Waals surface area (Å²) < 4.78 is 11.0. The van der Waals surface area contributed by atoms with Crippen LogP contribution in [0.15, 0.2) is 85.1 Å². The predicted molar refractivity (Wildman–Crippen MR) is 247 cm³/mol. The molecule has 3 unspecified atom stereocenters. The van der Waals surface area contributed by atoms with Gasteiger partial charge in [-0.1, -0.05) is 254 Å². The number of hydrogen-bond donors (Lipinski definition) is 0. The molecule has 0 spiro atoms. The summed E-state index contributed by atoms with van der Waals surface area (Å²) in [6, 6.07) is 0. The third-order valence-corrected chi connectivity index (χ3v) is 11.1. The lowest BCUT2D eigenvalue weighted by molar-refractivity contribution is -0.142. The minimum absolute atomic E-state index is 0.157. The molecule has 1 aliphatic carbocycles. The molecule has 0 saturated heterocycles. The van der Waals surface area contributed by atoms with Gasteiger partial charge in [-0.05, 0) is 43.4 Å². The van der Waals surface area contributed by atoms with E-state index in [-0.39, 0.29) is 17.9 Å². The van der Waals surface area contributed by atoms with E-state index in [4.69, 9.17) is 9.47 Å². The van der Waals surface area contributed by atoms with Crippen molar-refractivity contribution >= 4 is 11.9 Å². The highest BCUT2D eigenvalue weighted by molar-refractivity contribution is 5.82. The molecule has 0 aromatic carbocycles. The molecule has 0 heterocycles. The summed E-state index contributed by atoms with van der Waals surface area (Å²) in [5, 5.41) is 0. The van der Waals surface area contributed by atoms with Crippen molar-refractivity contribution in [3.05, 3.63) is 85.1 Å². The van der Waals surface area contributed by atoms with E-state index in [1.54, 1.807) is 6.08 Å². The Morgan fingerprint density at radius 1 is 0.439 bits per heavy atom. The highest BCUT2D eigenvalue weighted by Crippen LogP contribution is 2.43. The molecule has 3 atom stereocenters. The summed E-state index contributed by atoms with van der Waals surface area (Å²) in [6.07, 6.45) is 64.8. The Labute approximate surface area is 352 Å². The van der Waals surface area contributed by atoms with Crippen molar-refractivity contribution in [2.75, 3.05) is 13.2 Å². The van der Waals surface area contributed by atoms with E-state index < -0.39 is 0 Å². The van der Waals surface area contributed by atoms with Crippen LogP contribution in [0.3, 0.4) is 0 Å². The lowest BCUT2D eigenvalue weighted by Gasteiger charge is -2.40. The summed E-state index contributed by atoms with van der Waals surface area (Å²) in [7, 11) is 0. The first-order valence-electron chi connectivity index (χ1n) is 24.1. The van der Waals surface area contributed by atoms with Gasteiger partial charge >= 0.3 is 11.9 Å². The van der Waals surface area contributed by atoms with Crippen LogP contribution in [0.1, 0.15) is 207 Å². The van der Waals surface area contributed by atoms with E-state index >= 15 is 0 Å². The average molecular weight is 789 g/mol. The molecule has 1 saturated carbocycles. The minimum Gasteiger partial charge on any atom is -0.465 e. The average Bonchev–Trinajstić information content (AvgIpc) is 3.20. The molecule has 0 radical (unpaired) electrons. The van der Waals surface area contributed by atoms with Gasteiger partial charge in [0.25, 0.3) is 0 Å². The number of carbonyl (C=O) groups excluding carboxylic acids is 2. The summed E-state index contributed by atoms with van der Waals surface area (Å²) in [4.78, 5) is 24.7. The monoisotopic (exact) mass is 789 g/mol. The Balaban J connectivity index is 2.33. The fourth-order valence-electron chi connectivity index (χ4n) is 7.42. The van der Waals surface area contributed by atoms with E-state index in [1.165, 1.54) is 135 Å². The van der Waals surface area contributed by atoms with E-state index in [0.717, 1.165) is 44.9 Å². The molecule has 4 nitrogen and oxygen atoms in total. The van der Waals surface area contributed by atoms with Gasteiger partial charge in [-0.25, -0.2) is 4.79 Å². The fraction of sp³-hybridized carbons (Fsp3) is 0.698. The highest BCUT2D eigenvalue weighted by atomic mass is 16.5. The lowest BCUT2D eigenvalue weighted by Crippen LogP contribution is -2.33. The van der Waals surface area contributed by atoms with Crippen LogP contribution in [0.4, 0.5) is 0 Å². The second-order valence-corrected chi connectivity index (χ2v) is 16.4. The van der Waals surface area contributed by atoms with Crippen LogP contribution in [0, 0.1) is 17.8 Å². The number of ether oxygens (including phenoxy) is 2. The van der Waals surface area contributed by atoms with E-state index in [1.807, 2.05) is 24.3 Å². The van der Waals surface area contributed by atoms with Gasteiger partial charge in [0.05, 0.1) is 19.6 Å². The zero-order valence-electron chi connectivity index (χ0n) is 37.4. The summed E-state index contributed by atoms with van der Waals surface area (Å²) in [6.45, 7) is 7.76. The highest BCUT2D eigenvalue weighted by Gasteiger charge is 2.35. The first-order valence-corrected chi connectivity index (χ1v) is 24.1. The molecule has 0 aromatic rings. The summed E-state index contributed by atoms with van der Waals surface area (Å²) in [5.74, 6) is 0.621. The topological polar surface area (TPSA) is 52.6 Å². The second-order valence-electron chi connectivity index (χ2n) is 16.4. The first-order chi connectivity index (χ1) is 28.1. The van der Waals surface area contributed by atoms with Crippen LogP contribution < -0.4 is 0 Å². The zero-order chi connectivity index (χ0) is 41.1. The van der Waals surface area contributed by atoms with Gasteiger partial charge in [0.15, 0.2) is 0 Å². The maximum absolute atomic E-state index is 12.6.